The van der Waals surface area contributed by atoms with E-state index in [1.807, 2.05) is 18.2 Å². The molecule has 0 unspecified atom stereocenters. The number of ether oxygens (including phenoxy) is 2. The van der Waals surface area contributed by atoms with Gasteiger partial charge in [-0.1, -0.05) is 42.5 Å². The molecule has 1 fully saturated rings. The minimum atomic E-state index is 0.773. The molecule has 3 aromatic carbocycles. The van der Waals surface area contributed by atoms with Gasteiger partial charge in [-0.3, -0.25) is 4.90 Å². The first kappa shape index (κ1) is 22.8. The van der Waals surface area contributed by atoms with Crippen molar-refractivity contribution in [2.75, 3.05) is 51.4 Å². The molecule has 1 aliphatic heterocycles. The third kappa shape index (κ3) is 4.47. The summed E-state index contributed by atoms with van der Waals surface area (Å²) < 4.78 is 11.0. The average molecular weight is 482 g/mol. The van der Waals surface area contributed by atoms with Crippen molar-refractivity contribution < 1.29 is 9.47 Å². The fourth-order valence-corrected chi connectivity index (χ4v) is 5.23. The molecule has 184 valence electrons. The number of H-pyrrole nitrogens is 1. The molecule has 0 radical (unpaired) electrons. The maximum atomic E-state index is 5.53. The molecule has 2 aromatic heterocycles. The summed E-state index contributed by atoms with van der Waals surface area (Å²) in [6, 6.07) is 21.2. The zero-order valence-corrected chi connectivity index (χ0v) is 20.6. The number of methoxy groups -OCH3 is 1. The van der Waals surface area contributed by atoms with Crippen LogP contribution in [-0.2, 0) is 11.3 Å². The van der Waals surface area contributed by atoms with Crippen LogP contribution in [-0.4, -0.2) is 66.4 Å². The lowest BCUT2D eigenvalue weighted by atomic mass is 10.0. The van der Waals surface area contributed by atoms with Crippen LogP contribution in [0.3, 0.4) is 0 Å². The van der Waals surface area contributed by atoms with Gasteiger partial charge in [-0.25, -0.2) is 9.97 Å². The highest BCUT2D eigenvalue weighted by atomic mass is 16.5. The van der Waals surface area contributed by atoms with Gasteiger partial charge in [0.05, 0.1) is 20.3 Å². The van der Waals surface area contributed by atoms with E-state index in [4.69, 9.17) is 14.5 Å². The topological polar surface area (TPSA) is 66.5 Å². The van der Waals surface area contributed by atoms with Crippen LogP contribution in [0.4, 0.5) is 5.82 Å². The van der Waals surface area contributed by atoms with Gasteiger partial charge >= 0.3 is 0 Å². The Morgan fingerprint density at radius 3 is 2.75 bits per heavy atom. The summed E-state index contributed by atoms with van der Waals surface area (Å²) in [5, 5.41) is 3.59. The highest BCUT2D eigenvalue weighted by Gasteiger charge is 2.19. The summed E-state index contributed by atoms with van der Waals surface area (Å²) in [7, 11) is 1.69. The van der Waals surface area contributed by atoms with Crippen LogP contribution in [0.2, 0.25) is 0 Å². The van der Waals surface area contributed by atoms with Crippen LogP contribution in [0.25, 0.3) is 32.7 Å². The second-order valence-electron chi connectivity index (χ2n) is 9.32. The summed E-state index contributed by atoms with van der Waals surface area (Å²) in [5.41, 5.74) is 4.22. The number of hydrogen-bond donors (Lipinski definition) is 1. The van der Waals surface area contributed by atoms with Crippen LogP contribution in [0, 0.1) is 0 Å². The lowest BCUT2D eigenvalue weighted by Gasteiger charge is -2.29. The summed E-state index contributed by atoms with van der Waals surface area (Å²) in [5.74, 6) is 1.76. The second kappa shape index (κ2) is 10.1. The zero-order chi connectivity index (χ0) is 24.3. The van der Waals surface area contributed by atoms with Crippen LogP contribution in [0.1, 0.15) is 12.0 Å². The van der Waals surface area contributed by atoms with Gasteiger partial charge in [-0.2, -0.15) is 0 Å². The number of aromatic amines is 1. The van der Waals surface area contributed by atoms with Gasteiger partial charge in [0.15, 0.2) is 5.82 Å². The Kier molecular flexibility index (Phi) is 6.40. The Bertz CT molecular complexity index is 1490. The number of aromatic nitrogens is 3. The lowest BCUT2D eigenvalue weighted by Crippen LogP contribution is -2.38. The molecule has 1 aliphatic rings. The Labute approximate surface area is 210 Å². The molecule has 36 heavy (non-hydrogen) atoms. The summed E-state index contributed by atoms with van der Waals surface area (Å²) >= 11 is 0. The number of nitrogens with one attached hydrogen (secondary N) is 1. The first-order valence-electron chi connectivity index (χ1n) is 12.6. The van der Waals surface area contributed by atoms with Crippen molar-refractivity contribution in [1.82, 2.24) is 19.9 Å². The molecule has 3 heterocycles. The van der Waals surface area contributed by atoms with Gasteiger partial charge in [0.2, 0.25) is 0 Å². The van der Waals surface area contributed by atoms with E-state index in [2.05, 4.69) is 62.2 Å². The molecule has 0 amide bonds. The number of fused-ring (bicyclic) bond motifs is 4. The number of nitrogens with zero attached hydrogens (tertiary/aromatic N) is 4. The van der Waals surface area contributed by atoms with Crippen molar-refractivity contribution in [2.45, 2.75) is 13.0 Å². The number of benzene rings is 3. The van der Waals surface area contributed by atoms with E-state index in [1.165, 1.54) is 16.3 Å². The van der Waals surface area contributed by atoms with E-state index in [-0.39, 0.29) is 0 Å². The predicted molar refractivity (Wildman–Crippen MR) is 145 cm³/mol. The zero-order valence-electron chi connectivity index (χ0n) is 20.6. The Morgan fingerprint density at radius 2 is 1.86 bits per heavy atom. The molecule has 1 N–H and O–H groups in total. The van der Waals surface area contributed by atoms with Gasteiger partial charge in [0.25, 0.3) is 0 Å². The summed E-state index contributed by atoms with van der Waals surface area (Å²) in [6.07, 6.45) is 2.73. The Balaban J connectivity index is 1.38. The van der Waals surface area contributed by atoms with E-state index in [9.17, 15) is 0 Å². The molecule has 1 saturated heterocycles. The molecule has 0 aliphatic carbocycles. The SMILES string of the molecule is COc1ccc2[nH]c3c(N(CCCN4CCOCC4)Cc4cccc5ccccc45)ncnc3c2c1. The molecule has 0 bridgehead atoms. The van der Waals surface area contributed by atoms with Gasteiger partial charge in [0.1, 0.15) is 23.1 Å². The van der Waals surface area contributed by atoms with Crippen LogP contribution in [0.5, 0.6) is 5.75 Å². The van der Waals surface area contributed by atoms with Gasteiger partial charge in [-0.05, 0) is 41.0 Å². The van der Waals surface area contributed by atoms with E-state index in [0.29, 0.717) is 0 Å². The fraction of sp³-hybridized carbons (Fsp3) is 0.310. The number of hydrogen-bond acceptors (Lipinski definition) is 6. The van der Waals surface area contributed by atoms with Gasteiger partial charge in [0, 0.05) is 43.6 Å². The van der Waals surface area contributed by atoms with E-state index < -0.39 is 0 Å². The molecular formula is C29H31N5O2. The van der Waals surface area contributed by atoms with Crippen LogP contribution < -0.4 is 9.64 Å². The Hall–Kier alpha value is -3.68. The number of morpholine rings is 1. The van der Waals surface area contributed by atoms with Gasteiger partial charge in [-0.15, -0.1) is 0 Å². The molecule has 0 spiro atoms. The molecule has 0 saturated carbocycles. The third-order valence-corrected chi connectivity index (χ3v) is 7.12. The second-order valence-corrected chi connectivity index (χ2v) is 9.32. The first-order chi connectivity index (χ1) is 17.8. The van der Waals surface area contributed by atoms with Crippen molar-refractivity contribution >= 4 is 38.5 Å². The molecule has 7 heteroatoms. The van der Waals surface area contributed by atoms with E-state index >= 15 is 0 Å². The predicted octanol–water partition coefficient (Wildman–Crippen LogP) is 5.00. The quantitative estimate of drug-likeness (QED) is 0.336. The largest absolute Gasteiger partial charge is 0.497 e. The minimum absolute atomic E-state index is 0.773. The highest BCUT2D eigenvalue weighted by Crippen LogP contribution is 2.32. The maximum absolute atomic E-state index is 5.53. The molecular weight excluding hydrogens is 450 g/mol. The summed E-state index contributed by atoms with van der Waals surface area (Å²) in [4.78, 5) is 17.9. The van der Waals surface area contributed by atoms with Crippen molar-refractivity contribution in [3.8, 4) is 5.75 Å². The van der Waals surface area contributed by atoms with Crippen molar-refractivity contribution in [1.29, 1.82) is 0 Å². The fourth-order valence-electron chi connectivity index (χ4n) is 5.23. The monoisotopic (exact) mass is 481 g/mol. The third-order valence-electron chi connectivity index (χ3n) is 7.12. The normalized spacial score (nSPS) is 14.6. The summed E-state index contributed by atoms with van der Waals surface area (Å²) in [6.45, 7) is 6.37. The average Bonchev–Trinajstić information content (AvgIpc) is 3.31. The van der Waals surface area contributed by atoms with E-state index in [1.54, 1.807) is 13.4 Å². The highest BCUT2D eigenvalue weighted by molar-refractivity contribution is 6.08. The lowest BCUT2D eigenvalue weighted by molar-refractivity contribution is 0.0376. The molecule has 5 aromatic rings. The van der Waals surface area contributed by atoms with Crippen molar-refractivity contribution in [3.63, 3.8) is 0 Å². The smallest absolute Gasteiger partial charge is 0.156 e. The molecule has 7 nitrogen and oxygen atoms in total. The standard InChI is InChI=1S/C29H31N5O2/c1-35-23-10-11-26-25(18-23)27-28(32-26)29(31-20-30-27)34(13-5-12-33-14-16-36-17-15-33)19-22-8-4-7-21-6-2-3-9-24(21)22/h2-4,6-11,18,20,32H,5,12-17,19H2,1H3. The van der Waals surface area contributed by atoms with Crippen molar-refractivity contribution in [3.05, 3.63) is 72.6 Å². The first-order valence-corrected chi connectivity index (χ1v) is 12.6. The maximum Gasteiger partial charge on any atom is 0.156 e. The number of anilines is 1. The van der Waals surface area contributed by atoms with Crippen LogP contribution in [0.15, 0.2) is 67.0 Å². The minimum Gasteiger partial charge on any atom is -0.497 e. The van der Waals surface area contributed by atoms with Crippen molar-refractivity contribution in [2.24, 2.45) is 0 Å². The van der Waals surface area contributed by atoms with E-state index in [0.717, 1.165) is 85.9 Å². The molecule has 6 rings (SSSR count). The van der Waals surface area contributed by atoms with Gasteiger partial charge < -0.3 is 19.4 Å². The molecule has 0 atom stereocenters. The Morgan fingerprint density at radius 1 is 1.00 bits per heavy atom. The number of rotatable bonds is 8. The van der Waals surface area contributed by atoms with Crippen LogP contribution >= 0.6 is 0 Å².